The molecule has 270 valence electrons. The molecule has 0 atom stereocenters. The van der Waals surface area contributed by atoms with Crippen molar-refractivity contribution in [1.82, 2.24) is 14.5 Å². The van der Waals surface area contributed by atoms with Crippen LogP contribution in [0.5, 0.6) is 0 Å². The van der Waals surface area contributed by atoms with Crippen LogP contribution in [-0.2, 0) is 0 Å². The first-order valence-corrected chi connectivity index (χ1v) is 17.7. The van der Waals surface area contributed by atoms with E-state index in [1.165, 1.54) is 22.3 Å². The molecule has 8 heteroatoms. The minimum absolute atomic E-state index is 0. The highest BCUT2D eigenvalue weighted by atomic mass is 35.5. The van der Waals surface area contributed by atoms with Crippen molar-refractivity contribution in [2.45, 2.75) is 0 Å². The molecule has 0 spiro atoms. The summed E-state index contributed by atoms with van der Waals surface area (Å²) in [7, 11) is 0. The lowest BCUT2D eigenvalue weighted by Gasteiger charge is -2.13. The molecule has 6 nitrogen and oxygen atoms in total. The van der Waals surface area contributed by atoms with E-state index in [1.54, 1.807) is 0 Å². The van der Waals surface area contributed by atoms with Crippen LogP contribution in [0.2, 0.25) is 0 Å². The van der Waals surface area contributed by atoms with Gasteiger partial charge in [-0.2, -0.15) is 9.13 Å². The Hall–Kier alpha value is -6.57. The van der Waals surface area contributed by atoms with Gasteiger partial charge < -0.3 is 30.1 Å². The number of nitrogens with one attached hydrogen (secondary N) is 1. The standard InChI is InChI=1S/C24H18N3.C23H19N3.2ClH/c1-3-10-19(11-4-1)21-14-7-8-15-22(21)27-18-26(20-12-5-2-6-13-20)24-23(27)16-9-17-25-24;1-3-10-18(11-4-1)20-14-7-8-15-21(20)26-22-16-9-17-24-23(22)25-19-12-5-2-6-13-19;;/h1-18H;1-17,26H,(H,24,25);2*1H/q+1;;;/p-1. The largest absolute Gasteiger partial charge is 1.00 e. The number of hydrogen-bond donors (Lipinski definition) is 2. The Bertz CT molecular complexity index is 2560. The molecule has 0 aliphatic rings. The summed E-state index contributed by atoms with van der Waals surface area (Å²) in [5.41, 5.74) is 12.2. The second-order valence-electron chi connectivity index (χ2n) is 12.4. The van der Waals surface area contributed by atoms with E-state index in [0.29, 0.717) is 0 Å². The van der Waals surface area contributed by atoms with Gasteiger partial charge in [-0.1, -0.05) is 133 Å². The number of fused-ring (bicyclic) bond motifs is 1. The molecule has 0 radical (unpaired) electrons. The number of nitrogens with zero attached hydrogens (tertiary/aromatic N) is 4. The van der Waals surface area contributed by atoms with E-state index in [4.69, 9.17) is 0 Å². The predicted octanol–water partition coefficient (Wildman–Crippen LogP) is 4.00. The lowest BCUT2D eigenvalue weighted by molar-refractivity contribution is -0.567. The number of rotatable bonds is 8. The first-order valence-electron chi connectivity index (χ1n) is 17.7. The van der Waals surface area contributed by atoms with Crippen LogP contribution in [0.4, 0.5) is 22.9 Å². The molecule has 0 bridgehead atoms. The predicted molar refractivity (Wildman–Crippen MR) is 215 cm³/mol. The molecule has 9 aromatic rings. The average Bonchev–Trinajstić information content (AvgIpc) is 3.63. The Morgan fingerprint density at radius 1 is 0.473 bits per heavy atom. The number of halogens is 2. The Balaban J connectivity index is 0.000000181. The van der Waals surface area contributed by atoms with Crippen molar-refractivity contribution in [2.24, 2.45) is 0 Å². The first-order chi connectivity index (χ1) is 26.3. The number of para-hydroxylation sites is 4. The van der Waals surface area contributed by atoms with Crippen LogP contribution in [-0.4, -0.2) is 14.5 Å². The highest BCUT2D eigenvalue weighted by molar-refractivity contribution is 5.82. The summed E-state index contributed by atoms with van der Waals surface area (Å²) < 4.78 is 4.36. The second kappa shape index (κ2) is 18.5. The molecule has 6 aromatic carbocycles. The summed E-state index contributed by atoms with van der Waals surface area (Å²) in [4.78, 5) is 9.20. The van der Waals surface area contributed by atoms with Gasteiger partial charge in [0.15, 0.2) is 5.52 Å². The molecule has 9 rings (SSSR count). The second-order valence-corrected chi connectivity index (χ2v) is 12.4. The minimum Gasteiger partial charge on any atom is -1.00 e. The van der Waals surface area contributed by atoms with E-state index >= 15 is 0 Å². The first kappa shape index (κ1) is 38.2. The Morgan fingerprint density at radius 3 is 1.71 bits per heavy atom. The van der Waals surface area contributed by atoms with E-state index in [0.717, 1.165) is 45.4 Å². The number of imidazole rings is 1. The van der Waals surface area contributed by atoms with Gasteiger partial charge in [-0.3, -0.25) is 5.32 Å². The van der Waals surface area contributed by atoms with Crippen molar-refractivity contribution in [1.29, 1.82) is 0 Å². The van der Waals surface area contributed by atoms with Crippen LogP contribution < -0.4 is 40.0 Å². The molecule has 0 amide bonds. The van der Waals surface area contributed by atoms with Crippen molar-refractivity contribution in [3.8, 4) is 33.6 Å². The lowest BCUT2D eigenvalue weighted by Crippen LogP contribution is -3.00. The highest BCUT2D eigenvalue weighted by Gasteiger charge is 2.22. The van der Waals surface area contributed by atoms with Crippen molar-refractivity contribution in [2.75, 3.05) is 5.32 Å². The fraction of sp³-hybridized carbons (Fsp3) is 0. The van der Waals surface area contributed by atoms with Gasteiger partial charge in [0.2, 0.25) is 0 Å². The molecule has 0 saturated heterocycles. The van der Waals surface area contributed by atoms with E-state index in [1.807, 2.05) is 79.1 Å². The van der Waals surface area contributed by atoms with Crippen LogP contribution in [0.15, 0.2) is 213 Å². The van der Waals surface area contributed by atoms with Crippen LogP contribution in [0.1, 0.15) is 0 Å². The third-order valence-electron chi connectivity index (χ3n) is 8.99. The average molecular weight is 758 g/mol. The van der Waals surface area contributed by atoms with Crippen LogP contribution >= 0.6 is 0 Å². The number of anilines is 2. The van der Waals surface area contributed by atoms with E-state index in [-0.39, 0.29) is 24.8 Å². The van der Waals surface area contributed by atoms with Crippen molar-refractivity contribution in [3.63, 3.8) is 0 Å². The topological polar surface area (TPSA) is 63.2 Å². The van der Waals surface area contributed by atoms with Gasteiger partial charge in [0.25, 0.3) is 17.8 Å². The molecule has 0 unspecified atom stereocenters. The molecular weight excluding hydrogens is 719 g/mol. The summed E-state index contributed by atoms with van der Waals surface area (Å²) in [6, 6.07) is 66.4. The molecule has 3 heterocycles. The zero-order valence-corrected chi connectivity index (χ0v) is 31.3. The third kappa shape index (κ3) is 8.81. The van der Waals surface area contributed by atoms with Crippen molar-refractivity contribution >= 4 is 34.0 Å². The molecule has 0 saturated carbocycles. The van der Waals surface area contributed by atoms with Gasteiger partial charge in [-0.25, -0.2) is 9.97 Å². The molecule has 0 aliphatic heterocycles. The number of nitrogens with two attached hydrogens (primary N) is 1. The number of benzene rings is 6. The van der Waals surface area contributed by atoms with Crippen LogP contribution in [0, 0.1) is 0 Å². The van der Waals surface area contributed by atoms with E-state index in [9.17, 15) is 0 Å². The van der Waals surface area contributed by atoms with Crippen molar-refractivity contribution in [3.05, 3.63) is 213 Å². The Morgan fingerprint density at radius 2 is 1.00 bits per heavy atom. The summed E-state index contributed by atoms with van der Waals surface area (Å²) in [5.74, 6) is 0.918. The maximum atomic E-state index is 4.65. The van der Waals surface area contributed by atoms with Crippen molar-refractivity contribution < 1.29 is 34.7 Å². The summed E-state index contributed by atoms with van der Waals surface area (Å²) >= 11 is 0. The van der Waals surface area contributed by atoms with Crippen LogP contribution in [0.25, 0.3) is 44.8 Å². The number of quaternary nitrogens is 1. The van der Waals surface area contributed by atoms with Gasteiger partial charge in [-0.15, -0.1) is 0 Å². The fourth-order valence-corrected chi connectivity index (χ4v) is 6.46. The number of pyridine rings is 2. The Kier molecular flexibility index (Phi) is 12.8. The van der Waals surface area contributed by atoms with Gasteiger partial charge in [-0.05, 0) is 71.8 Å². The van der Waals surface area contributed by atoms with Gasteiger partial charge in [0, 0.05) is 29.2 Å². The molecule has 0 aliphatic carbocycles. The summed E-state index contributed by atoms with van der Waals surface area (Å²) in [6.45, 7) is 0. The molecular formula is C47H38Cl2N6. The van der Waals surface area contributed by atoms with Crippen LogP contribution in [0.3, 0.4) is 0 Å². The zero-order valence-electron chi connectivity index (χ0n) is 29.8. The van der Waals surface area contributed by atoms with Gasteiger partial charge in [0.1, 0.15) is 22.7 Å². The summed E-state index contributed by atoms with van der Waals surface area (Å²) in [5, 5.41) is 5.66. The molecule has 0 fully saturated rings. The monoisotopic (exact) mass is 756 g/mol. The third-order valence-corrected chi connectivity index (χ3v) is 8.99. The highest BCUT2D eigenvalue weighted by Crippen LogP contribution is 2.31. The smallest absolute Gasteiger partial charge is 0.274 e. The Labute approximate surface area is 333 Å². The maximum Gasteiger partial charge on any atom is 0.274 e. The van der Waals surface area contributed by atoms with Gasteiger partial charge >= 0.3 is 0 Å². The maximum absolute atomic E-state index is 4.65. The SMILES string of the molecule is [Cl-].[Cl-].c1ccc(-c2ccccc2-[n+]2cn(-c3ccccc3)c3ncccc32)cc1.c1ccc([NH2+]c2ncccc2Nc2ccccc2-c2ccccc2)cc1. The normalized spacial score (nSPS) is 10.3. The number of hydrogen-bond acceptors (Lipinski definition) is 3. The summed E-state index contributed by atoms with van der Waals surface area (Å²) in [6.07, 6.45) is 5.78. The lowest BCUT2D eigenvalue weighted by atomic mass is 10.0. The van der Waals surface area contributed by atoms with E-state index < -0.39 is 0 Å². The van der Waals surface area contributed by atoms with E-state index in [2.05, 4.69) is 163 Å². The molecule has 3 aromatic heterocycles. The number of aromatic nitrogens is 4. The zero-order chi connectivity index (χ0) is 35.7. The fourth-order valence-electron chi connectivity index (χ4n) is 6.46. The minimum atomic E-state index is 0. The molecule has 55 heavy (non-hydrogen) atoms. The molecule has 3 N–H and O–H groups in total. The van der Waals surface area contributed by atoms with Gasteiger partial charge in [0.05, 0.1) is 0 Å². The quantitative estimate of drug-likeness (QED) is 0.182.